The van der Waals surface area contributed by atoms with Crippen molar-refractivity contribution in [2.45, 2.75) is 26.2 Å². The molecule has 1 aromatic carbocycles. The van der Waals surface area contributed by atoms with E-state index in [0.717, 1.165) is 5.52 Å². The van der Waals surface area contributed by atoms with E-state index in [0.29, 0.717) is 0 Å². The minimum absolute atomic E-state index is 0.155. The van der Waals surface area contributed by atoms with Crippen LogP contribution in [0.3, 0.4) is 0 Å². The van der Waals surface area contributed by atoms with Crippen LogP contribution in [0.15, 0.2) is 30.5 Å². The molecule has 0 aliphatic carbocycles. The van der Waals surface area contributed by atoms with Gasteiger partial charge in [0.05, 0.1) is 11.7 Å². The highest BCUT2D eigenvalue weighted by atomic mass is 15.1. The zero-order chi connectivity index (χ0) is 10.2. The van der Waals surface area contributed by atoms with Crippen molar-refractivity contribution in [3.8, 4) is 0 Å². The Morgan fingerprint density at radius 3 is 2.57 bits per heavy atom. The number of nitrogens with zero attached hydrogens (tertiary/aromatic N) is 2. The van der Waals surface area contributed by atoms with Gasteiger partial charge >= 0.3 is 0 Å². The fourth-order valence-corrected chi connectivity index (χ4v) is 1.67. The first-order valence-electron chi connectivity index (χ1n) is 4.80. The summed E-state index contributed by atoms with van der Waals surface area (Å²) in [7, 11) is 0. The zero-order valence-electron chi connectivity index (χ0n) is 8.78. The topological polar surface area (TPSA) is 25.8 Å². The molecule has 0 spiro atoms. The third kappa shape index (κ3) is 1.48. The summed E-state index contributed by atoms with van der Waals surface area (Å²) in [4.78, 5) is 0. The van der Waals surface area contributed by atoms with Crippen LogP contribution in [0.5, 0.6) is 0 Å². The second kappa shape index (κ2) is 3.05. The third-order valence-corrected chi connectivity index (χ3v) is 2.36. The molecule has 0 unspecified atom stereocenters. The summed E-state index contributed by atoms with van der Waals surface area (Å²) in [5.41, 5.74) is 2.45. The van der Waals surface area contributed by atoms with Crippen LogP contribution in [0.2, 0.25) is 0 Å². The first kappa shape index (κ1) is 9.13. The summed E-state index contributed by atoms with van der Waals surface area (Å²) in [5, 5.41) is 9.20. The standard InChI is InChI=1S/C12H14N2/c1-12(2,3)10-5-4-6-11-9(10)7-8-13-14-11/h4-8H,1-3H3. The second-order valence-electron chi connectivity index (χ2n) is 4.52. The zero-order valence-corrected chi connectivity index (χ0v) is 8.78. The average molecular weight is 186 g/mol. The molecule has 2 nitrogen and oxygen atoms in total. The summed E-state index contributed by atoms with van der Waals surface area (Å²) < 4.78 is 0. The maximum Gasteiger partial charge on any atom is 0.0932 e. The van der Waals surface area contributed by atoms with Crippen LogP contribution in [0.1, 0.15) is 26.3 Å². The molecule has 2 rings (SSSR count). The first-order chi connectivity index (χ1) is 6.59. The van der Waals surface area contributed by atoms with E-state index in [2.05, 4.69) is 37.0 Å². The lowest BCUT2D eigenvalue weighted by atomic mass is 9.85. The Kier molecular flexibility index (Phi) is 1.99. The minimum atomic E-state index is 0.155. The Morgan fingerprint density at radius 2 is 1.86 bits per heavy atom. The number of rotatable bonds is 0. The summed E-state index contributed by atoms with van der Waals surface area (Å²) >= 11 is 0. The van der Waals surface area contributed by atoms with Gasteiger partial charge in [0, 0.05) is 5.39 Å². The molecule has 0 saturated heterocycles. The molecule has 0 radical (unpaired) electrons. The van der Waals surface area contributed by atoms with E-state index < -0.39 is 0 Å². The third-order valence-electron chi connectivity index (χ3n) is 2.36. The van der Waals surface area contributed by atoms with Crippen LogP contribution in [0.4, 0.5) is 0 Å². The fourth-order valence-electron chi connectivity index (χ4n) is 1.67. The van der Waals surface area contributed by atoms with Gasteiger partial charge in [-0.15, -0.1) is 0 Å². The van der Waals surface area contributed by atoms with Gasteiger partial charge in [-0.25, -0.2) is 0 Å². The number of aromatic nitrogens is 2. The van der Waals surface area contributed by atoms with E-state index in [1.54, 1.807) is 6.20 Å². The van der Waals surface area contributed by atoms with Crippen molar-refractivity contribution in [1.29, 1.82) is 0 Å². The summed E-state index contributed by atoms with van der Waals surface area (Å²) in [6.45, 7) is 6.63. The predicted octanol–water partition coefficient (Wildman–Crippen LogP) is 2.93. The van der Waals surface area contributed by atoms with E-state index in [-0.39, 0.29) is 5.41 Å². The molecule has 0 bridgehead atoms. The van der Waals surface area contributed by atoms with Crippen molar-refractivity contribution in [1.82, 2.24) is 10.2 Å². The first-order valence-corrected chi connectivity index (χ1v) is 4.80. The minimum Gasteiger partial charge on any atom is -0.159 e. The Balaban J connectivity index is 2.78. The number of benzene rings is 1. The second-order valence-corrected chi connectivity index (χ2v) is 4.52. The molecule has 0 atom stereocenters. The van der Waals surface area contributed by atoms with E-state index >= 15 is 0 Å². The molecule has 1 heterocycles. The fraction of sp³-hybridized carbons (Fsp3) is 0.333. The van der Waals surface area contributed by atoms with Crippen LogP contribution in [0, 0.1) is 0 Å². The molecular weight excluding hydrogens is 172 g/mol. The van der Waals surface area contributed by atoms with Gasteiger partial charge in [0.15, 0.2) is 0 Å². The molecular formula is C12H14N2. The number of hydrogen-bond acceptors (Lipinski definition) is 2. The van der Waals surface area contributed by atoms with Crippen molar-refractivity contribution < 1.29 is 0 Å². The Labute approximate surface area is 84.0 Å². The molecule has 72 valence electrons. The van der Waals surface area contributed by atoms with Gasteiger partial charge < -0.3 is 0 Å². The van der Waals surface area contributed by atoms with E-state index in [4.69, 9.17) is 0 Å². The van der Waals surface area contributed by atoms with E-state index in [1.807, 2.05) is 18.2 Å². The van der Waals surface area contributed by atoms with Crippen LogP contribution in [-0.4, -0.2) is 10.2 Å². The van der Waals surface area contributed by atoms with Gasteiger partial charge in [-0.05, 0) is 23.1 Å². The van der Waals surface area contributed by atoms with Crippen molar-refractivity contribution in [3.05, 3.63) is 36.0 Å². The normalized spacial score (nSPS) is 11.9. The van der Waals surface area contributed by atoms with Crippen molar-refractivity contribution in [3.63, 3.8) is 0 Å². The van der Waals surface area contributed by atoms with Crippen molar-refractivity contribution in [2.24, 2.45) is 0 Å². The molecule has 0 aliphatic heterocycles. The molecule has 0 amide bonds. The molecule has 2 heteroatoms. The van der Waals surface area contributed by atoms with E-state index in [9.17, 15) is 0 Å². The highest BCUT2D eigenvalue weighted by molar-refractivity contribution is 5.82. The van der Waals surface area contributed by atoms with Crippen LogP contribution < -0.4 is 0 Å². The lowest BCUT2D eigenvalue weighted by molar-refractivity contribution is 0.595. The Morgan fingerprint density at radius 1 is 1.07 bits per heavy atom. The largest absolute Gasteiger partial charge is 0.159 e. The molecule has 14 heavy (non-hydrogen) atoms. The molecule has 0 fully saturated rings. The number of fused-ring (bicyclic) bond motifs is 1. The van der Waals surface area contributed by atoms with Crippen LogP contribution >= 0.6 is 0 Å². The Hall–Kier alpha value is -1.44. The molecule has 1 aromatic heterocycles. The van der Waals surface area contributed by atoms with Crippen molar-refractivity contribution in [2.75, 3.05) is 0 Å². The van der Waals surface area contributed by atoms with Crippen LogP contribution in [-0.2, 0) is 5.41 Å². The molecule has 0 N–H and O–H groups in total. The Bertz CT molecular complexity index is 450. The smallest absolute Gasteiger partial charge is 0.0932 e. The average Bonchev–Trinajstić information content (AvgIpc) is 2.15. The van der Waals surface area contributed by atoms with Crippen molar-refractivity contribution >= 4 is 10.9 Å². The van der Waals surface area contributed by atoms with Gasteiger partial charge in [0.2, 0.25) is 0 Å². The highest BCUT2D eigenvalue weighted by Gasteiger charge is 2.16. The predicted molar refractivity (Wildman–Crippen MR) is 58.2 cm³/mol. The van der Waals surface area contributed by atoms with E-state index in [1.165, 1.54) is 10.9 Å². The van der Waals surface area contributed by atoms with Gasteiger partial charge in [0.1, 0.15) is 0 Å². The summed E-state index contributed by atoms with van der Waals surface area (Å²) in [6.07, 6.45) is 1.75. The number of hydrogen-bond donors (Lipinski definition) is 0. The summed E-state index contributed by atoms with van der Waals surface area (Å²) in [5.74, 6) is 0. The highest BCUT2D eigenvalue weighted by Crippen LogP contribution is 2.28. The lowest BCUT2D eigenvalue weighted by Crippen LogP contribution is -2.11. The maximum absolute atomic E-state index is 4.11. The van der Waals surface area contributed by atoms with Gasteiger partial charge in [-0.1, -0.05) is 32.9 Å². The monoisotopic (exact) mass is 186 g/mol. The van der Waals surface area contributed by atoms with Gasteiger partial charge in [-0.3, -0.25) is 0 Å². The van der Waals surface area contributed by atoms with Gasteiger partial charge in [0.25, 0.3) is 0 Å². The lowest BCUT2D eigenvalue weighted by Gasteiger charge is -2.20. The van der Waals surface area contributed by atoms with Gasteiger partial charge in [-0.2, -0.15) is 10.2 Å². The SMILES string of the molecule is CC(C)(C)c1cccc2nnccc12. The molecule has 0 saturated carbocycles. The quantitative estimate of drug-likeness (QED) is 0.632. The summed E-state index contributed by atoms with van der Waals surface area (Å²) in [6, 6.07) is 8.22. The van der Waals surface area contributed by atoms with Crippen LogP contribution in [0.25, 0.3) is 10.9 Å². The molecule has 0 aliphatic rings. The molecule has 2 aromatic rings. The maximum atomic E-state index is 4.11.